The van der Waals surface area contributed by atoms with Crippen molar-refractivity contribution in [3.8, 4) is 11.5 Å². The Morgan fingerprint density at radius 1 is 1.04 bits per heavy atom. The minimum Gasteiger partial charge on any atom is -0.490 e. The summed E-state index contributed by atoms with van der Waals surface area (Å²) in [5, 5.41) is 5.29. The molecule has 4 heteroatoms. The number of rotatable bonds is 8. The third kappa shape index (κ3) is 4.47. The number of carbonyl (C=O) groups is 1. The van der Waals surface area contributed by atoms with E-state index in [1.165, 1.54) is 0 Å². The minimum atomic E-state index is -0.154. The molecule has 1 amide bonds. The first-order chi connectivity index (χ1) is 13.2. The first kappa shape index (κ1) is 18.5. The lowest BCUT2D eigenvalue weighted by molar-refractivity contribution is 0.0950. The second-order valence-corrected chi connectivity index (χ2v) is 6.02. The van der Waals surface area contributed by atoms with Gasteiger partial charge in [0.2, 0.25) is 0 Å². The summed E-state index contributed by atoms with van der Waals surface area (Å²) in [5.41, 5.74) is 1.61. The Bertz CT molecular complexity index is 944. The van der Waals surface area contributed by atoms with E-state index in [9.17, 15) is 4.79 Å². The van der Waals surface area contributed by atoms with Gasteiger partial charge in [0.25, 0.3) is 5.91 Å². The number of amides is 1. The third-order valence-electron chi connectivity index (χ3n) is 4.18. The number of hydrogen-bond donors (Lipinski definition) is 1. The van der Waals surface area contributed by atoms with E-state index in [4.69, 9.17) is 9.47 Å². The van der Waals surface area contributed by atoms with E-state index >= 15 is 0 Å². The lowest BCUT2D eigenvalue weighted by atomic mass is 10.0. The largest absolute Gasteiger partial charge is 0.490 e. The molecule has 27 heavy (non-hydrogen) atoms. The second kappa shape index (κ2) is 8.90. The van der Waals surface area contributed by atoms with Crippen LogP contribution in [0.15, 0.2) is 73.3 Å². The average molecular weight is 361 g/mol. The maximum atomic E-state index is 12.6. The van der Waals surface area contributed by atoms with E-state index in [-0.39, 0.29) is 5.91 Å². The van der Waals surface area contributed by atoms with Crippen molar-refractivity contribution in [1.82, 2.24) is 5.32 Å². The van der Waals surface area contributed by atoms with Crippen LogP contribution in [0.1, 0.15) is 22.8 Å². The predicted molar refractivity (Wildman–Crippen MR) is 108 cm³/mol. The van der Waals surface area contributed by atoms with Crippen molar-refractivity contribution in [1.29, 1.82) is 0 Å². The molecule has 4 nitrogen and oxygen atoms in total. The van der Waals surface area contributed by atoms with E-state index in [1.54, 1.807) is 24.3 Å². The molecule has 0 aromatic heterocycles. The number of fused-ring (bicyclic) bond motifs is 1. The standard InChI is InChI=1S/C23H23NO3/c1-3-14-27-21-13-12-18(15-22(21)26-4-2)23(25)24-16-19-10-7-9-17-8-5-6-11-20(17)19/h3,5-13,15H,1,4,14,16H2,2H3,(H,24,25). The summed E-state index contributed by atoms with van der Waals surface area (Å²) in [7, 11) is 0. The van der Waals surface area contributed by atoms with Crippen molar-refractivity contribution in [2.24, 2.45) is 0 Å². The van der Waals surface area contributed by atoms with Gasteiger partial charge in [0.05, 0.1) is 6.61 Å². The summed E-state index contributed by atoms with van der Waals surface area (Å²) in [6, 6.07) is 19.4. The molecule has 138 valence electrons. The van der Waals surface area contributed by atoms with Crippen molar-refractivity contribution >= 4 is 16.7 Å². The number of ether oxygens (including phenoxy) is 2. The van der Waals surface area contributed by atoms with Gasteiger partial charge in [-0.1, -0.05) is 55.1 Å². The Hall–Kier alpha value is -3.27. The molecule has 0 aliphatic carbocycles. The van der Waals surface area contributed by atoms with Crippen LogP contribution in [0.4, 0.5) is 0 Å². The Morgan fingerprint density at radius 3 is 2.67 bits per heavy atom. The van der Waals surface area contributed by atoms with E-state index in [1.807, 2.05) is 31.2 Å². The molecule has 0 atom stereocenters. The molecule has 0 spiro atoms. The first-order valence-corrected chi connectivity index (χ1v) is 8.98. The highest BCUT2D eigenvalue weighted by Gasteiger charge is 2.12. The molecule has 0 aliphatic rings. The van der Waals surface area contributed by atoms with Crippen LogP contribution in [0, 0.1) is 0 Å². The summed E-state index contributed by atoms with van der Waals surface area (Å²) < 4.78 is 11.2. The third-order valence-corrected chi connectivity index (χ3v) is 4.18. The molecule has 0 radical (unpaired) electrons. The number of carbonyl (C=O) groups excluding carboxylic acids is 1. The van der Waals surface area contributed by atoms with E-state index < -0.39 is 0 Å². The topological polar surface area (TPSA) is 47.6 Å². The van der Waals surface area contributed by atoms with Crippen LogP contribution in [-0.2, 0) is 6.54 Å². The molecule has 0 unspecified atom stereocenters. The lowest BCUT2D eigenvalue weighted by Crippen LogP contribution is -2.23. The fourth-order valence-corrected chi connectivity index (χ4v) is 2.91. The van der Waals surface area contributed by atoms with Gasteiger partial charge in [-0.05, 0) is 41.5 Å². The van der Waals surface area contributed by atoms with Gasteiger partial charge >= 0.3 is 0 Å². The smallest absolute Gasteiger partial charge is 0.251 e. The van der Waals surface area contributed by atoms with Crippen molar-refractivity contribution in [2.75, 3.05) is 13.2 Å². The predicted octanol–water partition coefficient (Wildman–Crippen LogP) is 4.73. The molecule has 0 saturated carbocycles. The summed E-state index contributed by atoms with van der Waals surface area (Å²) in [5.74, 6) is 0.999. The number of hydrogen-bond acceptors (Lipinski definition) is 3. The molecular weight excluding hydrogens is 338 g/mol. The molecule has 0 saturated heterocycles. The van der Waals surface area contributed by atoms with E-state index in [0.717, 1.165) is 16.3 Å². The maximum absolute atomic E-state index is 12.6. The van der Waals surface area contributed by atoms with Crippen molar-refractivity contribution < 1.29 is 14.3 Å². The van der Waals surface area contributed by atoms with Gasteiger partial charge in [0, 0.05) is 12.1 Å². The van der Waals surface area contributed by atoms with Gasteiger partial charge in [0.15, 0.2) is 11.5 Å². The van der Waals surface area contributed by atoms with Crippen molar-refractivity contribution in [2.45, 2.75) is 13.5 Å². The Labute approximate surface area is 159 Å². The second-order valence-electron chi connectivity index (χ2n) is 6.02. The van der Waals surface area contributed by atoms with Crippen LogP contribution in [0.2, 0.25) is 0 Å². The molecule has 3 aromatic rings. The molecule has 0 fully saturated rings. The highest BCUT2D eigenvalue weighted by molar-refractivity contribution is 5.95. The maximum Gasteiger partial charge on any atom is 0.251 e. The Kier molecular flexibility index (Phi) is 6.10. The molecule has 0 aliphatic heterocycles. The Balaban J connectivity index is 1.75. The van der Waals surface area contributed by atoms with Crippen LogP contribution in [-0.4, -0.2) is 19.1 Å². The Morgan fingerprint density at radius 2 is 1.85 bits per heavy atom. The van der Waals surface area contributed by atoms with Gasteiger partial charge < -0.3 is 14.8 Å². The van der Waals surface area contributed by atoms with Crippen LogP contribution in [0.5, 0.6) is 11.5 Å². The highest BCUT2D eigenvalue weighted by Crippen LogP contribution is 2.28. The van der Waals surface area contributed by atoms with Crippen LogP contribution < -0.4 is 14.8 Å². The van der Waals surface area contributed by atoms with Crippen molar-refractivity contribution in [3.05, 3.63) is 84.4 Å². The van der Waals surface area contributed by atoms with Crippen LogP contribution >= 0.6 is 0 Å². The van der Waals surface area contributed by atoms with Gasteiger partial charge in [-0.2, -0.15) is 0 Å². The van der Waals surface area contributed by atoms with Gasteiger partial charge in [0.1, 0.15) is 6.61 Å². The zero-order chi connectivity index (χ0) is 19.1. The monoisotopic (exact) mass is 361 g/mol. The first-order valence-electron chi connectivity index (χ1n) is 8.98. The molecule has 1 N–H and O–H groups in total. The summed E-state index contributed by atoms with van der Waals surface area (Å²) in [6.45, 7) is 6.87. The summed E-state index contributed by atoms with van der Waals surface area (Å²) >= 11 is 0. The van der Waals surface area contributed by atoms with E-state index in [2.05, 4.69) is 30.1 Å². The van der Waals surface area contributed by atoms with Crippen LogP contribution in [0.3, 0.4) is 0 Å². The molecule has 3 aromatic carbocycles. The normalized spacial score (nSPS) is 10.4. The zero-order valence-electron chi connectivity index (χ0n) is 15.4. The molecular formula is C23H23NO3. The number of benzene rings is 3. The van der Waals surface area contributed by atoms with Gasteiger partial charge in [-0.25, -0.2) is 0 Å². The average Bonchev–Trinajstić information content (AvgIpc) is 2.71. The summed E-state index contributed by atoms with van der Waals surface area (Å²) in [4.78, 5) is 12.6. The zero-order valence-corrected chi connectivity index (χ0v) is 15.4. The fourth-order valence-electron chi connectivity index (χ4n) is 2.91. The fraction of sp³-hybridized carbons (Fsp3) is 0.174. The van der Waals surface area contributed by atoms with E-state index in [0.29, 0.717) is 36.8 Å². The number of nitrogens with one attached hydrogen (secondary N) is 1. The summed E-state index contributed by atoms with van der Waals surface area (Å²) in [6.07, 6.45) is 1.67. The lowest BCUT2D eigenvalue weighted by Gasteiger charge is -2.13. The molecule has 0 bridgehead atoms. The van der Waals surface area contributed by atoms with Crippen molar-refractivity contribution in [3.63, 3.8) is 0 Å². The van der Waals surface area contributed by atoms with Gasteiger partial charge in [-0.3, -0.25) is 4.79 Å². The van der Waals surface area contributed by atoms with Crippen LogP contribution in [0.25, 0.3) is 10.8 Å². The quantitative estimate of drug-likeness (QED) is 0.590. The minimum absolute atomic E-state index is 0.154. The molecule has 3 rings (SSSR count). The highest BCUT2D eigenvalue weighted by atomic mass is 16.5. The molecule has 0 heterocycles. The van der Waals surface area contributed by atoms with Gasteiger partial charge in [-0.15, -0.1) is 0 Å². The SMILES string of the molecule is C=CCOc1ccc(C(=O)NCc2cccc3ccccc23)cc1OCC.